The molecule has 0 aliphatic rings. The standard InChI is InChI=1S/C15H13F4N/c16-12-3-2-11(14(18)8-12)5-6-20-9-10-1-4-13(17)15(19)7-10/h1-4,7-8,20H,5-6,9H2. The van der Waals surface area contributed by atoms with Crippen LogP contribution in [0.15, 0.2) is 36.4 Å². The highest BCUT2D eigenvalue weighted by Crippen LogP contribution is 2.10. The van der Waals surface area contributed by atoms with E-state index in [0.29, 0.717) is 30.6 Å². The molecule has 0 saturated heterocycles. The summed E-state index contributed by atoms with van der Waals surface area (Å²) in [6, 6.07) is 7.08. The first-order valence-corrected chi connectivity index (χ1v) is 6.15. The maximum Gasteiger partial charge on any atom is 0.159 e. The first kappa shape index (κ1) is 14.5. The van der Waals surface area contributed by atoms with Gasteiger partial charge in [0.2, 0.25) is 0 Å². The predicted octanol–water partition coefficient (Wildman–Crippen LogP) is 3.58. The molecule has 0 atom stereocenters. The molecule has 0 aliphatic carbocycles. The van der Waals surface area contributed by atoms with E-state index in [-0.39, 0.29) is 0 Å². The molecule has 0 fully saturated rings. The lowest BCUT2D eigenvalue weighted by Gasteiger charge is -2.06. The van der Waals surface area contributed by atoms with Crippen LogP contribution in [-0.4, -0.2) is 6.54 Å². The van der Waals surface area contributed by atoms with E-state index in [9.17, 15) is 17.6 Å². The summed E-state index contributed by atoms with van der Waals surface area (Å²) in [5.41, 5.74) is 1.01. The van der Waals surface area contributed by atoms with Gasteiger partial charge in [-0.3, -0.25) is 0 Å². The Morgan fingerprint density at radius 2 is 1.60 bits per heavy atom. The van der Waals surface area contributed by atoms with Gasteiger partial charge in [0.1, 0.15) is 11.6 Å². The first-order chi connectivity index (χ1) is 9.56. The van der Waals surface area contributed by atoms with Crippen molar-refractivity contribution in [1.29, 1.82) is 0 Å². The molecule has 20 heavy (non-hydrogen) atoms. The Bertz CT molecular complexity index is 598. The van der Waals surface area contributed by atoms with E-state index in [1.807, 2.05) is 0 Å². The summed E-state index contributed by atoms with van der Waals surface area (Å²) >= 11 is 0. The fraction of sp³-hybridized carbons (Fsp3) is 0.200. The minimum absolute atomic E-state index is 0.347. The smallest absolute Gasteiger partial charge is 0.159 e. The van der Waals surface area contributed by atoms with Gasteiger partial charge in [0, 0.05) is 12.6 Å². The van der Waals surface area contributed by atoms with E-state index in [1.165, 1.54) is 18.2 Å². The van der Waals surface area contributed by atoms with Crippen LogP contribution in [0.2, 0.25) is 0 Å². The largest absolute Gasteiger partial charge is 0.312 e. The van der Waals surface area contributed by atoms with E-state index in [4.69, 9.17) is 0 Å². The summed E-state index contributed by atoms with van der Waals surface area (Å²) in [6.45, 7) is 0.793. The summed E-state index contributed by atoms with van der Waals surface area (Å²) in [4.78, 5) is 0. The van der Waals surface area contributed by atoms with Gasteiger partial charge in [-0.15, -0.1) is 0 Å². The molecular formula is C15H13F4N. The van der Waals surface area contributed by atoms with E-state index in [0.717, 1.165) is 18.2 Å². The second kappa shape index (κ2) is 6.52. The van der Waals surface area contributed by atoms with E-state index in [1.54, 1.807) is 0 Å². The Morgan fingerprint density at radius 3 is 2.30 bits per heavy atom. The van der Waals surface area contributed by atoms with Crippen molar-refractivity contribution in [2.45, 2.75) is 13.0 Å². The quantitative estimate of drug-likeness (QED) is 0.653. The highest BCUT2D eigenvalue weighted by Gasteiger charge is 2.04. The first-order valence-electron chi connectivity index (χ1n) is 6.15. The zero-order chi connectivity index (χ0) is 14.5. The average Bonchev–Trinajstić information content (AvgIpc) is 2.40. The third-order valence-corrected chi connectivity index (χ3v) is 2.90. The van der Waals surface area contributed by atoms with E-state index in [2.05, 4.69) is 5.32 Å². The lowest BCUT2D eigenvalue weighted by Crippen LogP contribution is -2.17. The maximum atomic E-state index is 13.3. The highest BCUT2D eigenvalue weighted by molar-refractivity contribution is 5.19. The normalized spacial score (nSPS) is 10.8. The van der Waals surface area contributed by atoms with Crippen molar-refractivity contribution in [3.63, 3.8) is 0 Å². The monoisotopic (exact) mass is 283 g/mol. The molecule has 0 saturated carbocycles. The number of halogens is 4. The zero-order valence-electron chi connectivity index (χ0n) is 10.6. The van der Waals surface area contributed by atoms with Gasteiger partial charge in [-0.25, -0.2) is 17.6 Å². The Balaban J connectivity index is 1.82. The van der Waals surface area contributed by atoms with Crippen molar-refractivity contribution in [2.75, 3.05) is 6.54 Å². The topological polar surface area (TPSA) is 12.0 Å². The van der Waals surface area contributed by atoms with Crippen LogP contribution in [0.3, 0.4) is 0 Å². The van der Waals surface area contributed by atoms with Gasteiger partial charge in [-0.1, -0.05) is 12.1 Å². The van der Waals surface area contributed by atoms with Crippen molar-refractivity contribution < 1.29 is 17.6 Å². The Kier molecular flexibility index (Phi) is 4.74. The van der Waals surface area contributed by atoms with Crippen LogP contribution in [0.4, 0.5) is 17.6 Å². The number of hydrogen-bond acceptors (Lipinski definition) is 1. The molecule has 0 aromatic heterocycles. The third-order valence-electron chi connectivity index (χ3n) is 2.90. The molecule has 0 radical (unpaired) electrons. The molecular weight excluding hydrogens is 270 g/mol. The average molecular weight is 283 g/mol. The molecule has 2 rings (SSSR count). The van der Waals surface area contributed by atoms with Crippen molar-refractivity contribution >= 4 is 0 Å². The van der Waals surface area contributed by atoms with Crippen LogP contribution >= 0.6 is 0 Å². The number of rotatable bonds is 5. The lowest BCUT2D eigenvalue weighted by atomic mass is 10.1. The van der Waals surface area contributed by atoms with Crippen LogP contribution in [0.5, 0.6) is 0 Å². The molecule has 0 heterocycles. The third kappa shape index (κ3) is 3.81. The van der Waals surface area contributed by atoms with Gasteiger partial charge in [0.15, 0.2) is 11.6 Å². The maximum absolute atomic E-state index is 13.3. The van der Waals surface area contributed by atoms with Gasteiger partial charge in [0.25, 0.3) is 0 Å². The van der Waals surface area contributed by atoms with Gasteiger partial charge >= 0.3 is 0 Å². The van der Waals surface area contributed by atoms with Crippen LogP contribution in [0, 0.1) is 23.3 Å². The summed E-state index contributed by atoms with van der Waals surface area (Å²) < 4.78 is 51.7. The summed E-state index contributed by atoms with van der Waals surface area (Å²) in [5, 5.41) is 2.99. The van der Waals surface area contributed by atoms with E-state index < -0.39 is 23.3 Å². The Hall–Kier alpha value is -1.88. The van der Waals surface area contributed by atoms with Crippen molar-refractivity contribution in [3.8, 4) is 0 Å². The molecule has 0 aliphatic heterocycles. The second-order valence-corrected chi connectivity index (χ2v) is 4.41. The number of nitrogens with one attached hydrogen (secondary N) is 1. The molecule has 1 nitrogen and oxygen atoms in total. The molecule has 2 aromatic rings. The van der Waals surface area contributed by atoms with Gasteiger partial charge in [-0.2, -0.15) is 0 Å². The molecule has 0 unspecified atom stereocenters. The van der Waals surface area contributed by atoms with Crippen LogP contribution in [0.25, 0.3) is 0 Å². The summed E-state index contributed by atoms with van der Waals surface area (Å²) in [6.07, 6.45) is 0.385. The van der Waals surface area contributed by atoms with Crippen LogP contribution < -0.4 is 5.32 Å². The predicted molar refractivity (Wildman–Crippen MR) is 68.1 cm³/mol. The zero-order valence-corrected chi connectivity index (χ0v) is 10.6. The Labute approximate surface area is 114 Å². The summed E-state index contributed by atoms with van der Waals surface area (Å²) in [5.74, 6) is -2.98. The number of hydrogen-bond donors (Lipinski definition) is 1. The van der Waals surface area contributed by atoms with Crippen molar-refractivity contribution in [2.24, 2.45) is 0 Å². The summed E-state index contributed by atoms with van der Waals surface area (Å²) in [7, 11) is 0. The van der Waals surface area contributed by atoms with Crippen molar-refractivity contribution in [3.05, 3.63) is 70.8 Å². The van der Waals surface area contributed by atoms with Crippen molar-refractivity contribution in [1.82, 2.24) is 5.32 Å². The van der Waals surface area contributed by atoms with Crippen LogP contribution in [0.1, 0.15) is 11.1 Å². The Morgan fingerprint density at radius 1 is 0.800 bits per heavy atom. The minimum Gasteiger partial charge on any atom is -0.312 e. The minimum atomic E-state index is -0.895. The number of benzene rings is 2. The van der Waals surface area contributed by atoms with Gasteiger partial charge in [-0.05, 0) is 42.3 Å². The highest BCUT2D eigenvalue weighted by atomic mass is 19.2. The molecule has 0 spiro atoms. The molecule has 0 bridgehead atoms. The second-order valence-electron chi connectivity index (χ2n) is 4.41. The molecule has 2 aromatic carbocycles. The molecule has 0 amide bonds. The van der Waals surface area contributed by atoms with Gasteiger partial charge < -0.3 is 5.32 Å². The van der Waals surface area contributed by atoms with E-state index >= 15 is 0 Å². The molecule has 106 valence electrons. The fourth-order valence-electron chi connectivity index (χ4n) is 1.83. The molecule has 1 N–H and O–H groups in total. The molecule has 5 heteroatoms. The SMILES string of the molecule is Fc1ccc(CCNCc2ccc(F)c(F)c2)c(F)c1. The fourth-order valence-corrected chi connectivity index (χ4v) is 1.83. The van der Waals surface area contributed by atoms with Gasteiger partial charge in [0.05, 0.1) is 0 Å². The lowest BCUT2D eigenvalue weighted by molar-refractivity contribution is 0.506. The van der Waals surface area contributed by atoms with Crippen LogP contribution in [-0.2, 0) is 13.0 Å².